The van der Waals surface area contributed by atoms with Crippen LogP contribution in [0.25, 0.3) is 0 Å². The molecule has 72 valence electrons. The van der Waals surface area contributed by atoms with Crippen LogP contribution in [0.5, 0.6) is 0 Å². The fourth-order valence-electron chi connectivity index (χ4n) is 1.10. The van der Waals surface area contributed by atoms with E-state index in [0.717, 1.165) is 5.56 Å². The normalized spacial score (nSPS) is 15.4. The fourth-order valence-corrected chi connectivity index (χ4v) is 1.10. The van der Waals surface area contributed by atoms with Crippen LogP contribution in [0.1, 0.15) is 12.5 Å². The molecule has 0 bridgehead atoms. The maximum atomic E-state index is 12.5. The number of aliphatic hydroxyl groups excluding tert-OH is 1. The van der Waals surface area contributed by atoms with Gasteiger partial charge in [-0.05, 0) is 24.6 Å². The minimum absolute atomic E-state index is 0.299. The Morgan fingerprint density at radius 3 is 2.31 bits per heavy atom. The average Bonchev–Trinajstić information content (AvgIpc) is 2.09. The molecule has 0 saturated carbocycles. The van der Waals surface area contributed by atoms with Gasteiger partial charge in [-0.25, -0.2) is 4.39 Å². The summed E-state index contributed by atoms with van der Waals surface area (Å²) in [5, 5.41) is 18.3. The number of rotatable bonds is 3. The lowest BCUT2D eigenvalue weighted by Gasteiger charge is -2.19. The minimum atomic E-state index is -1.13. The van der Waals surface area contributed by atoms with Crippen LogP contribution in [0.2, 0.25) is 0 Å². The van der Waals surface area contributed by atoms with E-state index < -0.39 is 5.60 Å². The van der Waals surface area contributed by atoms with Crippen molar-refractivity contribution in [3.63, 3.8) is 0 Å². The second kappa shape index (κ2) is 3.85. The molecule has 3 heteroatoms. The Bertz CT molecular complexity index is 267. The van der Waals surface area contributed by atoms with Gasteiger partial charge in [0.05, 0.1) is 12.2 Å². The predicted molar refractivity (Wildman–Crippen MR) is 47.8 cm³/mol. The highest BCUT2D eigenvalue weighted by Gasteiger charge is 2.19. The highest BCUT2D eigenvalue weighted by molar-refractivity contribution is 5.17. The average molecular weight is 184 g/mol. The first-order valence-electron chi connectivity index (χ1n) is 4.11. The highest BCUT2D eigenvalue weighted by atomic mass is 19.1. The van der Waals surface area contributed by atoms with E-state index in [4.69, 9.17) is 5.11 Å². The molecule has 0 aliphatic carbocycles. The lowest BCUT2D eigenvalue weighted by molar-refractivity contribution is 0.00231. The van der Waals surface area contributed by atoms with Gasteiger partial charge in [0, 0.05) is 6.42 Å². The van der Waals surface area contributed by atoms with E-state index in [0.29, 0.717) is 6.42 Å². The molecule has 0 aliphatic heterocycles. The van der Waals surface area contributed by atoms with Crippen molar-refractivity contribution in [1.29, 1.82) is 0 Å². The maximum absolute atomic E-state index is 12.5. The molecule has 0 radical (unpaired) electrons. The molecule has 2 nitrogen and oxygen atoms in total. The molecule has 1 aromatic rings. The van der Waals surface area contributed by atoms with Crippen molar-refractivity contribution in [2.24, 2.45) is 0 Å². The van der Waals surface area contributed by atoms with Gasteiger partial charge >= 0.3 is 0 Å². The Kier molecular flexibility index (Phi) is 3.01. The molecule has 0 fully saturated rings. The van der Waals surface area contributed by atoms with E-state index in [9.17, 15) is 9.50 Å². The van der Waals surface area contributed by atoms with Crippen molar-refractivity contribution >= 4 is 0 Å². The van der Waals surface area contributed by atoms with Crippen molar-refractivity contribution in [2.75, 3.05) is 6.61 Å². The monoisotopic (exact) mass is 184 g/mol. The summed E-state index contributed by atoms with van der Waals surface area (Å²) in [5.74, 6) is -0.299. The van der Waals surface area contributed by atoms with Gasteiger partial charge in [0.1, 0.15) is 5.82 Å². The molecule has 13 heavy (non-hydrogen) atoms. The fraction of sp³-hybridized carbons (Fsp3) is 0.400. The van der Waals surface area contributed by atoms with Gasteiger partial charge in [0.15, 0.2) is 0 Å². The van der Waals surface area contributed by atoms with Crippen LogP contribution >= 0.6 is 0 Å². The van der Waals surface area contributed by atoms with Crippen molar-refractivity contribution in [1.82, 2.24) is 0 Å². The summed E-state index contributed by atoms with van der Waals surface area (Å²) in [6.45, 7) is 1.24. The smallest absolute Gasteiger partial charge is 0.123 e. The quantitative estimate of drug-likeness (QED) is 0.738. The molecule has 0 spiro atoms. The van der Waals surface area contributed by atoms with Crippen LogP contribution in [-0.4, -0.2) is 22.4 Å². The van der Waals surface area contributed by atoms with E-state index in [-0.39, 0.29) is 12.4 Å². The van der Waals surface area contributed by atoms with Crippen molar-refractivity contribution in [3.05, 3.63) is 35.6 Å². The second-order valence-electron chi connectivity index (χ2n) is 3.46. The van der Waals surface area contributed by atoms with Crippen LogP contribution in [0.4, 0.5) is 4.39 Å². The Balaban J connectivity index is 2.69. The third-order valence-electron chi connectivity index (χ3n) is 1.84. The predicted octanol–water partition coefficient (Wildman–Crippen LogP) is 1.11. The molecule has 1 rings (SSSR count). The molecule has 0 aromatic heterocycles. The van der Waals surface area contributed by atoms with Gasteiger partial charge in [0.25, 0.3) is 0 Å². The minimum Gasteiger partial charge on any atom is -0.393 e. The SMILES string of the molecule is CC(O)(CO)Cc1ccc(F)cc1. The molecular weight excluding hydrogens is 171 g/mol. The van der Waals surface area contributed by atoms with Gasteiger partial charge < -0.3 is 10.2 Å². The third kappa shape index (κ3) is 3.13. The Morgan fingerprint density at radius 2 is 1.85 bits per heavy atom. The molecule has 1 aromatic carbocycles. The molecular formula is C10H13FO2. The summed E-state index contributed by atoms with van der Waals surface area (Å²) in [7, 11) is 0. The lowest BCUT2D eigenvalue weighted by atomic mass is 9.98. The molecule has 0 saturated heterocycles. The van der Waals surface area contributed by atoms with E-state index in [1.807, 2.05) is 0 Å². The third-order valence-corrected chi connectivity index (χ3v) is 1.84. The van der Waals surface area contributed by atoms with E-state index in [1.165, 1.54) is 19.1 Å². The molecule has 0 aliphatic rings. The Hall–Kier alpha value is -0.930. The number of hydrogen-bond acceptors (Lipinski definition) is 2. The van der Waals surface area contributed by atoms with Crippen molar-refractivity contribution in [2.45, 2.75) is 18.9 Å². The van der Waals surface area contributed by atoms with Crippen molar-refractivity contribution < 1.29 is 14.6 Å². The zero-order valence-electron chi connectivity index (χ0n) is 7.50. The van der Waals surface area contributed by atoms with Gasteiger partial charge in [-0.2, -0.15) is 0 Å². The number of benzene rings is 1. The summed E-state index contributed by atoms with van der Waals surface area (Å²) < 4.78 is 12.5. The molecule has 1 unspecified atom stereocenters. The summed E-state index contributed by atoms with van der Waals surface area (Å²) in [5.41, 5.74) is -0.321. The maximum Gasteiger partial charge on any atom is 0.123 e. The van der Waals surface area contributed by atoms with Gasteiger partial charge in [0.2, 0.25) is 0 Å². The topological polar surface area (TPSA) is 40.5 Å². The van der Waals surface area contributed by atoms with Gasteiger partial charge in [-0.1, -0.05) is 12.1 Å². The van der Waals surface area contributed by atoms with Gasteiger partial charge in [-0.3, -0.25) is 0 Å². The summed E-state index contributed by atoms with van der Waals surface area (Å²) in [4.78, 5) is 0. The molecule has 2 N–H and O–H groups in total. The van der Waals surface area contributed by atoms with Crippen LogP contribution in [0.15, 0.2) is 24.3 Å². The lowest BCUT2D eigenvalue weighted by Crippen LogP contribution is -2.31. The Labute approximate surface area is 76.6 Å². The summed E-state index contributed by atoms with van der Waals surface area (Å²) >= 11 is 0. The van der Waals surface area contributed by atoms with Crippen LogP contribution in [0, 0.1) is 5.82 Å². The first kappa shape index (κ1) is 10.2. The number of aliphatic hydroxyl groups is 2. The van der Waals surface area contributed by atoms with Crippen LogP contribution in [-0.2, 0) is 6.42 Å². The van der Waals surface area contributed by atoms with Crippen LogP contribution in [0.3, 0.4) is 0 Å². The van der Waals surface area contributed by atoms with Crippen molar-refractivity contribution in [3.8, 4) is 0 Å². The molecule has 0 heterocycles. The highest BCUT2D eigenvalue weighted by Crippen LogP contribution is 2.12. The molecule has 1 atom stereocenters. The van der Waals surface area contributed by atoms with E-state index in [2.05, 4.69) is 0 Å². The zero-order valence-corrected chi connectivity index (χ0v) is 7.50. The summed E-state index contributed by atoms with van der Waals surface area (Å²) in [6, 6.07) is 5.87. The van der Waals surface area contributed by atoms with E-state index >= 15 is 0 Å². The second-order valence-corrected chi connectivity index (χ2v) is 3.46. The van der Waals surface area contributed by atoms with E-state index in [1.54, 1.807) is 12.1 Å². The number of hydrogen-bond donors (Lipinski definition) is 2. The largest absolute Gasteiger partial charge is 0.393 e. The zero-order chi connectivity index (χ0) is 9.90. The molecule has 0 amide bonds. The Morgan fingerprint density at radius 1 is 1.31 bits per heavy atom. The van der Waals surface area contributed by atoms with Crippen LogP contribution < -0.4 is 0 Å². The summed E-state index contributed by atoms with van der Waals surface area (Å²) in [6.07, 6.45) is 0.323. The number of halogens is 1. The first-order valence-corrected chi connectivity index (χ1v) is 4.11. The first-order chi connectivity index (χ1) is 6.03. The standard InChI is InChI=1S/C10H13FO2/c1-10(13,7-12)6-8-2-4-9(11)5-3-8/h2-5,12-13H,6-7H2,1H3. The van der Waals surface area contributed by atoms with Gasteiger partial charge in [-0.15, -0.1) is 0 Å².